The second-order valence-electron chi connectivity index (χ2n) is 17.4. The number of fused-ring (bicyclic) bond motifs is 2. The lowest BCUT2D eigenvalue weighted by atomic mass is 9.56. The van der Waals surface area contributed by atoms with Crippen molar-refractivity contribution in [3.8, 4) is 11.5 Å². The van der Waals surface area contributed by atoms with Gasteiger partial charge in [0.15, 0.2) is 12.2 Å². The molecule has 12 nitrogen and oxygen atoms in total. The van der Waals surface area contributed by atoms with Gasteiger partial charge in [-0.25, -0.2) is 9.59 Å². The number of carboxylic acids is 2. The summed E-state index contributed by atoms with van der Waals surface area (Å²) in [6.45, 7) is 8.55. The Labute approximate surface area is 316 Å². The first kappa shape index (κ1) is 37.7. The molecule has 4 heterocycles. The number of carboxylic acid groups (broad SMARTS) is 2. The van der Waals surface area contributed by atoms with Crippen LogP contribution in [-0.2, 0) is 42.7 Å². The Morgan fingerprint density at radius 3 is 1.44 bits per heavy atom. The van der Waals surface area contributed by atoms with Gasteiger partial charge in [0.1, 0.15) is 11.5 Å². The van der Waals surface area contributed by atoms with Crippen LogP contribution in [0.3, 0.4) is 0 Å². The smallest absolute Gasteiger partial charge is 0.335 e. The van der Waals surface area contributed by atoms with Gasteiger partial charge in [-0.05, 0) is 147 Å². The number of aromatic hydroxyl groups is 2. The summed E-state index contributed by atoms with van der Waals surface area (Å²) in [5, 5.41) is 52.5. The first-order chi connectivity index (χ1) is 26.0. The average molecular weight is 749 g/mol. The number of phenols is 2. The normalized spacial score (nSPS) is 33.4. The summed E-state index contributed by atoms with van der Waals surface area (Å²) in [6.07, 6.45) is 8.29. The molecule has 4 bridgehead atoms. The number of carbonyl (C=O) groups is 2. The zero-order chi connectivity index (χ0) is 37.8. The molecular weight excluding hydrogens is 692 g/mol. The predicted octanol–water partition coefficient (Wildman–Crippen LogP) is 3.29. The number of benzene rings is 2. The molecule has 6 N–H and O–H groups in total. The fourth-order valence-electron chi connectivity index (χ4n) is 11.1. The summed E-state index contributed by atoms with van der Waals surface area (Å²) >= 11 is 0. The number of aliphatic hydroxyl groups is 2. The second kappa shape index (κ2) is 15.0. The van der Waals surface area contributed by atoms with Gasteiger partial charge in [0.05, 0.1) is 13.2 Å². The van der Waals surface area contributed by atoms with E-state index in [1.807, 2.05) is 24.3 Å². The van der Waals surface area contributed by atoms with Crippen LogP contribution in [0.2, 0.25) is 0 Å². The van der Waals surface area contributed by atoms with Crippen molar-refractivity contribution in [2.24, 2.45) is 23.7 Å². The number of nitrogens with zero attached hydrogens (tertiary/aromatic N) is 2. The fraction of sp³-hybridized carbons (Fsp3) is 0.667. The molecule has 294 valence electrons. The minimum Gasteiger partial charge on any atom is -0.508 e. The van der Waals surface area contributed by atoms with Crippen molar-refractivity contribution in [1.29, 1.82) is 0 Å². The third-order valence-electron chi connectivity index (χ3n) is 14.1. The summed E-state index contributed by atoms with van der Waals surface area (Å²) in [4.78, 5) is 25.1. The number of rotatable bonds is 7. The zero-order valence-corrected chi connectivity index (χ0v) is 31.0. The summed E-state index contributed by atoms with van der Waals surface area (Å²) in [5.74, 6) is 0.644. The highest BCUT2D eigenvalue weighted by Crippen LogP contribution is 2.55. The van der Waals surface area contributed by atoms with Crippen molar-refractivity contribution in [2.75, 3.05) is 52.6 Å². The Morgan fingerprint density at radius 2 is 1.07 bits per heavy atom. The van der Waals surface area contributed by atoms with E-state index in [0.29, 0.717) is 35.4 Å². The number of likely N-dealkylation sites (tertiary alicyclic amines) is 2. The van der Waals surface area contributed by atoms with Gasteiger partial charge in [-0.2, -0.15) is 0 Å². The predicted molar refractivity (Wildman–Crippen MR) is 198 cm³/mol. The lowest BCUT2D eigenvalue weighted by molar-refractivity contribution is -0.165. The van der Waals surface area contributed by atoms with Crippen LogP contribution >= 0.6 is 0 Å². The molecule has 0 aromatic heterocycles. The Hall–Kier alpha value is -3.26. The maximum Gasteiger partial charge on any atom is 0.335 e. The largest absolute Gasteiger partial charge is 0.508 e. The van der Waals surface area contributed by atoms with Crippen LogP contribution in [0.15, 0.2) is 36.4 Å². The molecule has 2 saturated carbocycles. The maximum atomic E-state index is 10.0. The monoisotopic (exact) mass is 748 g/mol. The van der Waals surface area contributed by atoms with Gasteiger partial charge in [-0.15, -0.1) is 0 Å². The Kier molecular flexibility index (Phi) is 10.5. The van der Waals surface area contributed by atoms with E-state index in [2.05, 4.69) is 21.9 Å². The molecule has 0 radical (unpaired) electrons. The molecular formula is C42H56N2O10. The first-order valence-electron chi connectivity index (χ1n) is 20.1. The molecule has 8 atom stereocenters. The van der Waals surface area contributed by atoms with E-state index in [1.165, 1.54) is 99.8 Å². The molecule has 4 saturated heterocycles. The van der Waals surface area contributed by atoms with Crippen LogP contribution in [0.4, 0.5) is 0 Å². The topological polar surface area (TPSA) is 180 Å². The van der Waals surface area contributed by atoms with Crippen LogP contribution in [0.5, 0.6) is 11.5 Å². The molecule has 10 rings (SSSR count). The van der Waals surface area contributed by atoms with Gasteiger partial charge in [0.25, 0.3) is 0 Å². The molecule has 8 aliphatic rings. The van der Waals surface area contributed by atoms with E-state index >= 15 is 0 Å². The minimum absolute atomic E-state index is 0.162. The molecule has 0 unspecified atom stereocenters. The number of phenolic OH excluding ortho intramolecular Hbond substituents is 2. The van der Waals surface area contributed by atoms with E-state index in [0.717, 1.165) is 51.1 Å². The first-order valence-corrected chi connectivity index (χ1v) is 20.1. The van der Waals surface area contributed by atoms with Crippen LogP contribution in [-0.4, -0.2) is 129 Å². The number of ether oxygens (including phenoxy) is 2. The number of hydrogen-bond donors (Lipinski definition) is 6. The van der Waals surface area contributed by atoms with Crippen molar-refractivity contribution in [1.82, 2.24) is 9.80 Å². The lowest BCUT2D eigenvalue weighted by Crippen LogP contribution is -2.63. The van der Waals surface area contributed by atoms with Gasteiger partial charge >= 0.3 is 11.9 Å². The minimum atomic E-state index is -2.27. The zero-order valence-electron chi connectivity index (χ0n) is 31.0. The Morgan fingerprint density at radius 1 is 0.667 bits per heavy atom. The highest BCUT2D eigenvalue weighted by Gasteiger charge is 2.56. The maximum absolute atomic E-state index is 10.0. The SMILES string of the molecule is O=C(O)[C@@H](O)[C@H](O)C(=O)O.Oc1ccc2c(c1)[C@]13CCN(CC4CC4)[C@H](C2)[C@@H]1CCOC3.Oc1ccc2c(c1)[C@]13CCN(CC4CC4)[C@H](C2)[C@@H]1CCOC3. The van der Waals surface area contributed by atoms with Gasteiger partial charge in [-0.1, -0.05) is 12.1 Å². The summed E-state index contributed by atoms with van der Waals surface area (Å²) < 4.78 is 11.9. The van der Waals surface area contributed by atoms with Gasteiger partial charge in [0, 0.05) is 49.2 Å². The second-order valence-corrected chi connectivity index (χ2v) is 17.4. The van der Waals surface area contributed by atoms with E-state index in [4.69, 9.17) is 29.9 Å². The molecule has 12 heteroatoms. The Balaban J connectivity index is 0.000000124. The molecule has 6 fully saturated rings. The van der Waals surface area contributed by atoms with Crippen molar-refractivity contribution in [3.05, 3.63) is 58.7 Å². The molecule has 0 amide bonds. The number of aliphatic hydroxyl groups excluding tert-OH is 2. The molecule has 4 aliphatic heterocycles. The molecule has 0 spiro atoms. The Bertz CT molecular complexity index is 1590. The summed E-state index contributed by atoms with van der Waals surface area (Å²) in [7, 11) is 0. The third-order valence-corrected chi connectivity index (χ3v) is 14.1. The van der Waals surface area contributed by atoms with E-state index in [1.54, 1.807) is 0 Å². The van der Waals surface area contributed by atoms with Gasteiger partial charge in [0.2, 0.25) is 0 Å². The van der Waals surface area contributed by atoms with Crippen LogP contribution in [0.1, 0.15) is 73.6 Å². The quantitative estimate of drug-likeness (QED) is 0.244. The van der Waals surface area contributed by atoms with E-state index < -0.39 is 24.1 Å². The van der Waals surface area contributed by atoms with Crippen LogP contribution in [0.25, 0.3) is 0 Å². The summed E-state index contributed by atoms with van der Waals surface area (Å²) in [5.41, 5.74) is 6.00. The average Bonchev–Trinajstić information content (AvgIpc) is 4.12. The molecule has 2 aromatic carbocycles. The highest BCUT2D eigenvalue weighted by molar-refractivity contribution is 5.83. The van der Waals surface area contributed by atoms with Crippen molar-refractivity contribution in [3.63, 3.8) is 0 Å². The van der Waals surface area contributed by atoms with E-state index in [-0.39, 0.29) is 10.8 Å². The van der Waals surface area contributed by atoms with Crippen molar-refractivity contribution >= 4 is 11.9 Å². The van der Waals surface area contributed by atoms with Crippen molar-refractivity contribution < 1.29 is 49.7 Å². The molecule has 2 aromatic rings. The van der Waals surface area contributed by atoms with Gasteiger partial charge < -0.3 is 40.1 Å². The highest BCUT2D eigenvalue weighted by atomic mass is 16.5. The molecule has 4 aliphatic carbocycles. The third kappa shape index (κ3) is 7.14. The van der Waals surface area contributed by atoms with Crippen LogP contribution in [0, 0.1) is 23.7 Å². The van der Waals surface area contributed by atoms with E-state index in [9.17, 15) is 19.8 Å². The molecule has 54 heavy (non-hydrogen) atoms. The number of hydrogen-bond acceptors (Lipinski definition) is 10. The number of aliphatic carboxylic acids is 2. The standard InChI is InChI=1S/2C19H25NO2.C4H6O6/c2*21-15-4-3-14-9-18-16-5-8-22-12-19(16,17(14)10-15)6-7-20(18)11-13-1-2-13;5-1(3(7)8)2(6)4(9)10/h2*3-4,10,13,16,18,21H,1-2,5-9,11-12H2;1-2,5-6H,(H,7,8)(H,9,10)/t2*16-,18+,19-;1-,2-/m000/s1. The fourth-order valence-corrected chi connectivity index (χ4v) is 11.1. The lowest BCUT2D eigenvalue weighted by Gasteiger charge is -2.58. The van der Waals surface area contributed by atoms with Crippen LogP contribution < -0.4 is 0 Å². The van der Waals surface area contributed by atoms with Gasteiger partial charge in [-0.3, -0.25) is 9.80 Å². The number of piperidine rings is 2. The van der Waals surface area contributed by atoms with Crippen molar-refractivity contribution in [2.45, 2.75) is 99.3 Å². The summed E-state index contributed by atoms with van der Waals surface area (Å²) in [6, 6.07) is 13.5.